The van der Waals surface area contributed by atoms with E-state index < -0.39 is 0 Å². The van der Waals surface area contributed by atoms with Gasteiger partial charge in [0.15, 0.2) is 17.5 Å². The summed E-state index contributed by atoms with van der Waals surface area (Å²) < 4.78 is 7.54. The van der Waals surface area contributed by atoms with Gasteiger partial charge in [-0.3, -0.25) is 0 Å². The molecule has 14 aromatic rings. The third-order valence-corrected chi connectivity index (χ3v) is 15.4. The molecule has 0 saturated heterocycles. The van der Waals surface area contributed by atoms with E-state index in [0.717, 1.165) is 39.0 Å². The summed E-state index contributed by atoms with van der Waals surface area (Å²) in [7, 11) is 0. The Hall–Kier alpha value is -8.03. The highest BCUT2D eigenvalue weighted by atomic mass is 32.1. The molecule has 10 aromatic carbocycles. The molecule has 4 nitrogen and oxygen atoms in total. The second kappa shape index (κ2) is 14.2. The quantitative estimate of drug-likeness (QED) is 0.173. The zero-order valence-electron chi connectivity index (χ0n) is 34.7. The van der Waals surface area contributed by atoms with Crippen molar-refractivity contribution < 1.29 is 0 Å². The minimum absolute atomic E-state index is 0.624. The number of hydrogen-bond acceptors (Lipinski definition) is 5. The first kappa shape index (κ1) is 36.5. The Morgan fingerprint density at radius 1 is 0.323 bits per heavy atom. The number of benzene rings is 10. The van der Waals surface area contributed by atoms with Gasteiger partial charge in [0, 0.05) is 73.4 Å². The minimum atomic E-state index is 0.624. The van der Waals surface area contributed by atoms with Crippen molar-refractivity contribution >= 4 is 106 Å². The fourth-order valence-corrected chi connectivity index (χ4v) is 12.3. The molecule has 65 heavy (non-hydrogen) atoms. The standard InChI is InChI=1S/C59H34N4S2/c1-2-14-36(15-3-1)57-60-58(62-59(61-57)40-27-30-53-48(33-40)43-20-9-11-23-52(43)64-53)39-26-29-50(63-49-22-10-8-19-42(49)46-31-37-16-4-5-17-38(37)34-51(46)63)47(32-39)44-21-12-24-54-55(44)45-28-25-35-13-6-7-18-41(35)56(45)65-54/h1-34H. The zero-order chi connectivity index (χ0) is 42.6. The number of fused-ring (bicyclic) bond motifs is 12. The molecule has 0 bridgehead atoms. The molecule has 0 aliphatic rings. The molecule has 0 radical (unpaired) electrons. The first-order valence-electron chi connectivity index (χ1n) is 21.8. The minimum Gasteiger partial charge on any atom is -0.309 e. The highest BCUT2D eigenvalue weighted by Gasteiger charge is 2.22. The molecule has 0 spiro atoms. The molecule has 0 saturated carbocycles. The number of hydrogen-bond donors (Lipinski definition) is 0. The van der Waals surface area contributed by atoms with Crippen molar-refractivity contribution in [3.05, 3.63) is 206 Å². The summed E-state index contributed by atoms with van der Waals surface area (Å²) in [6.45, 7) is 0. The van der Waals surface area contributed by atoms with Gasteiger partial charge in [0.2, 0.25) is 0 Å². The van der Waals surface area contributed by atoms with Crippen molar-refractivity contribution in [2.24, 2.45) is 0 Å². The highest BCUT2D eigenvalue weighted by molar-refractivity contribution is 7.27. The molecule has 0 unspecified atom stereocenters. The van der Waals surface area contributed by atoms with Crippen molar-refractivity contribution in [3.63, 3.8) is 0 Å². The molecular weight excluding hydrogens is 829 g/mol. The maximum Gasteiger partial charge on any atom is 0.164 e. The van der Waals surface area contributed by atoms with Crippen molar-refractivity contribution in [2.45, 2.75) is 0 Å². The first-order valence-corrected chi connectivity index (χ1v) is 23.5. The number of nitrogens with zero attached hydrogens (tertiary/aromatic N) is 4. The van der Waals surface area contributed by atoms with E-state index in [-0.39, 0.29) is 0 Å². The number of aromatic nitrogens is 4. The SMILES string of the molecule is c1ccc(-c2nc(-c3ccc(-n4c5ccccc5c5cc6ccccc6cc54)c(-c4cccc5sc6c7ccccc7ccc6c45)c3)nc(-c3ccc4sc5ccccc5c4c3)n2)cc1. The van der Waals surface area contributed by atoms with E-state index in [1.54, 1.807) is 0 Å². The van der Waals surface area contributed by atoms with E-state index in [9.17, 15) is 0 Å². The molecular formula is C59H34N4S2. The summed E-state index contributed by atoms with van der Waals surface area (Å²) >= 11 is 3.69. The smallest absolute Gasteiger partial charge is 0.164 e. The molecule has 302 valence electrons. The number of para-hydroxylation sites is 1. The van der Waals surface area contributed by atoms with Crippen LogP contribution >= 0.6 is 22.7 Å². The molecule has 0 amide bonds. The highest BCUT2D eigenvalue weighted by Crippen LogP contribution is 2.46. The Morgan fingerprint density at radius 3 is 1.82 bits per heavy atom. The predicted molar refractivity (Wildman–Crippen MR) is 277 cm³/mol. The summed E-state index contributed by atoms with van der Waals surface area (Å²) in [5.74, 6) is 1.90. The third kappa shape index (κ3) is 5.71. The Morgan fingerprint density at radius 2 is 0.969 bits per heavy atom. The fourth-order valence-electron chi connectivity index (χ4n) is 9.99. The van der Waals surface area contributed by atoms with Gasteiger partial charge in [0.25, 0.3) is 0 Å². The van der Waals surface area contributed by atoms with Crippen LogP contribution in [0.1, 0.15) is 0 Å². The van der Waals surface area contributed by atoms with Crippen LogP contribution in [0.3, 0.4) is 0 Å². The average molecular weight is 863 g/mol. The Labute approximate surface area is 381 Å². The van der Waals surface area contributed by atoms with E-state index in [4.69, 9.17) is 15.0 Å². The fraction of sp³-hybridized carbons (Fsp3) is 0. The van der Waals surface area contributed by atoms with Crippen LogP contribution in [0, 0.1) is 0 Å². The van der Waals surface area contributed by atoms with Gasteiger partial charge in [-0.15, -0.1) is 22.7 Å². The van der Waals surface area contributed by atoms with Crippen molar-refractivity contribution in [2.75, 3.05) is 0 Å². The van der Waals surface area contributed by atoms with E-state index in [1.807, 2.05) is 40.9 Å². The molecule has 0 atom stereocenters. The van der Waals surface area contributed by atoms with Crippen LogP contribution in [0.5, 0.6) is 0 Å². The molecule has 0 N–H and O–H groups in total. The maximum atomic E-state index is 5.34. The topological polar surface area (TPSA) is 43.6 Å². The Balaban J connectivity index is 1.06. The maximum absolute atomic E-state index is 5.34. The van der Waals surface area contributed by atoms with Crippen molar-refractivity contribution in [3.8, 4) is 51.0 Å². The van der Waals surface area contributed by atoms with Gasteiger partial charge >= 0.3 is 0 Å². The normalized spacial score (nSPS) is 12.0. The molecule has 4 aromatic heterocycles. The van der Waals surface area contributed by atoms with Gasteiger partial charge in [0.1, 0.15) is 0 Å². The molecule has 6 heteroatoms. The molecule has 0 fully saturated rings. The van der Waals surface area contributed by atoms with Crippen LogP contribution in [0.25, 0.3) is 135 Å². The largest absolute Gasteiger partial charge is 0.309 e. The van der Waals surface area contributed by atoms with Gasteiger partial charge in [-0.25, -0.2) is 15.0 Å². The molecule has 14 rings (SSSR count). The Kier molecular flexibility index (Phi) is 7.99. The van der Waals surface area contributed by atoms with Crippen LogP contribution in [0.15, 0.2) is 206 Å². The summed E-state index contributed by atoms with van der Waals surface area (Å²) in [5.41, 5.74) is 8.50. The molecule has 0 aliphatic carbocycles. The van der Waals surface area contributed by atoms with Crippen LogP contribution in [-0.4, -0.2) is 19.5 Å². The lowest BCUT2D eigenvalue weighted by Gasteiger charge is -2.17. The van der Waals surface area contributed by atoms with Crippen LogP contribution < -0.4 is 0 Å². The van der Waals surface area contributed by atoms with Crippen LogP contribution in [0.2, 0.25) is 0 Å². The van der Waals surface area contributed by atoms with Gasteiger partial charge < -0.3 is 4.57 Å². The zero-order valence-corrected chi connectivity index (χ0v) is 36.4. The average Bonchev–Trinajstić information content (AvgIpc) is 4.05. The summed E-state index contributed by atoms with van der Waals surface area (Å²) in [6, 6.07) is 74.5. The third-order valence-electron chi connectivity index (χ3n) is 13.0. The summed E-state index contributed by atoms with van der Waals surface area (Å²) in [6.07, 6.45) is 0. The van der Waals surface area contributed by atoms with Gasteiger partial charge in [-0.1, -0.05) is 140 Å². The van der Waals surface area contributed by atoms with Gasteiger partial charge in [-0.2, -0.15) is 0 Å². The lowest BCUT2D eigenvalue weighted by molar-refractivity contribution is 1.07. The van der Waals surface area contributed by atoms with E-state index >= 15 is 0 Å². The lowest BCUT2D eigenvalue weighted by atomic mass is 9.95. The van der Waals surface area contributed by atoms with E-state index in [1.165, 1.54) is 78.2 Å². The second-order valence-corrected chi connectivity index (χ2v) is 18.9. The van der Waals surface area contributed by atoms with Crippen LogP contribution in [-0.2, 0) is 0 Å². The van der Waals surface area contributed by atoms with E-state index in [2.05, 4.69) is 193 Å². The monoisotopic (exact) mass is 862 g/mol. The lowest BCUT2D eigenvalue weighted by Crippen LogP contribution is -2.02. The van der Waals surface area contributed by atoms with Crippen LogP contribution in [0.4, 0.5) is 0 Å². The first-order chi connectivity index (χ1) is 32.2. The van der Waals surface area contributed by atoms with Crippen molar-refractivity contribution in [1.29, 1.82) is 0 Å². The molecule has 0 aliphatic heterocycles. The predicted octanol–water partition coefficient (Wildman–Crippen LogP) is 16.7. The number of thiophene rings is 2. The number of rotatable bonds is 5. The van der Waals surface area contributed by atoms with E-state index in [0.29, 0.717) is 17.5 Å². The van der Waals surface area contributed by atoms with Gasteiger partial charge in [-0.05, 0) is 93.8 Å². The van der Waals surface area contributed by atoms with Gasteiger partial charge in [0.05, 0.1) is 16.7 Å². The molecule has 4 heterocycles. The Bertz CT molecular complexity index is 4250. The summed E-state index contributed by atoms with van der Waals surface area (Å²) in [4.78, 5) is 15.8. The van der Waals surface area contributed by atoms with Crippen molar-refractivity contribution in [1.82, 2.24) is 19.5 Å². The summed E-state index contributed by atoms with van der Waals surface area (Å²) in [5, 5.41) is 12.4. The second-order valence-electron chi connectivity index (χ2n) is 16.7.